The molecular formula is C19H20N4O2. The molecule has 0 fully saturated rings. The van der Waals surface area contributed by atoms with Gasteiger partial charge in [0, 0.05) is 29.7 Å². The van der Waals surface area contributed by atoms with Gasteiger partial charge in [-0.15, -0.1) is 0 Å². The number of fused-ring (bicyclic) bond motifs is 1. The van der Waals surface area contributed by atoms with E-state index >= 15 is 0 Å². The number of hydrogen-bond acceptors (Lipinski definition) is 4. The van der Waals surface area contributed by atoms with E-state index in [1.807, 2.05) is 31.3 Å². The second-order valence-corrected chi connectivity index (χ2v) is 6.01. The summed E-state index contributed by atoms with van der Waals surface area (Å²) < 4.78 is 1.80. The summed E-state index contributed by atoms with van der Waals surface area (Å²) in [4.78, 5) is 24.0. The fourth-order valence-corrected chi connectivity index (χ4v) is 2.70. The molecule has 3 aromatic rings. The largest absolute Gasteiger partial charge is 0.399 e. The third kappa shape index (κ3) is 4.03. The van der Waals surface area contributed by atoms with Gasteiger partial charge >= 0.3 is 0 Å². The average Bonchev–Trinajstić information content (AvgIpc) is 2.99. The van der Waals surface area contributed by atoms with Crippen LogP contribution in [0.15, 0.2) is 48.7 Å². The van der Waals surface area contributed by atoms with Gasteiger partial charge in [0.15, 0.2) is 0 Å². The third-order valence-corrected chi connectivity index (χ3v) is 4.06. The molecule has 2 aromatic carbocycles. The molecule has 6 nitrogen and oxygen atoms in total. The SMILES string of the molecule is Cc1cccc2c1cnn2CCC(=O)CC(=O)Nc1ccc(N)cc1. The van der Waals surface area contributed by atoms with E-state index in [2.05, 4.69) is 10.4 Å². The Bertz CT molecular complexity index is 913. The number of nitrogens with two attached hydrogens (primary N) is 1. The smallest absolute Gasteiger partial charge is 0.231 e. The molecule has 0 spiro atoms. The first-order chi connectivity index (χ1) is 12.0. The van der Waals surface area contributed by atoms with Crippen molar-refractivity contribution >= 4 is 34.0 Å². The van der Waals surface area contributed by atoms with Crippen LogP contribution in [0.4, 0.5) is 11.4 Å². The Morgan fingerprint density at radius 2 is 1.92 bits per heavy atom. The average molecular weight is 336 g/mol. The zero-order valence-corrected chi connectivity index (χ0v) is 14.0. The van der Waals surface area contributed by atoms with Gasteiger partial charge in [-0.05, 0) is 42.8 Å². The van der Waals surface area contributed by atoms with Crippen LogP contribution in [0.25, 0.3) is 10.9 Å². The first kappa shape index (κ1) is 16.7. The van der Waals surface area contributed by atoms with Gasteiger partial charge in [0.05, 0.1) is 18.1 Å². The van der Waals surface area contributed by atoms with Gasteiger partial charge in [0.2, 0.25) is 5.91 Å². The number of ketones is 1. The summed E-state index contributed by atoms with van der Waals surface area (Å²) in [5, 5.41) is 8.11. The summed E-state index contributed by atoms with van der Waals surface area (Å²) in [6.45, 7) is 2.49. The van der Waals surface area contributed by atoms with E-state index in [4.69, 9.17) is 5.73 Å². The molecule has 1 heterocycles. The van der Waals surface area contributed by atoms with Gasteiger partial charge in [0.25, 0.3) is 0 Å². The number of aryl methyl sites for hydroxylation is 2. The van der Waals surface area contributed by atoms with Crippen LogP contribution in [-0.2, 0) is 16.1 Å². The van der Waals surface area contributed by atoms with Crippen molar-refractivity contribution in [1.82, 2.24) is 9.78 Å². The van der Waals surface area contributed by atoms with Crippen LogP contribution in [-0.4, -0.2) is 21.5 Å². The molecule has 25 heavy (non-hydrogen) atoms. The highest BCUT2D eigenvalue weighted by Gasteiger charge is 2.11. The van der Waals surface area contributed by atoms with Crippen LogP contribution in [0.3, 0.4) is 0 Å². The number of hydrogen-bond donors (Lipinski definition) is 2. The van der Waals surface area contributed by atoms with E-state index in [-0.39, 0.29) is 24.5 Å². The second kappa shape index (κ2) is 7.17. The maximum atomic E-state index is 12.1. The van der Waals surface area contributed by atoms with Crippen molar-refractivity contribution in [3.8, 4) is 0 Å². The predicted octanol–water partition coefficient (Wildman–Crippen LogP) is 2.91. The number of nitrogens with zero attached hydrogens (tertiary/aromatic N) is 2. The van der Waals surface area contributed by atoms with Gasteiger partial charge in [-0.25, -0.2) is 0 Å². The minimum atomic E-state index is -0.323. The molecule has 0 unspecified atom stereocenters. The van der Waals surface area contributed by atoms with Crippen LogP contribution in [0.5, 0.6) is 0 Å². The van der Waals surface area contributed by atoms with Crippen LogP contribution < -0.4 is 11.1 Å². The van der Waals surface area contributed by atoms with Gasteiger partial charge in [-0.1, -0.05) is 12.1 Å². The highest BCUT2D eigenvalue weighted by molar-refractivity contribution is 6.04. The quantitative estimate of drug-likeness (QED) is 0.535. The first-order valence-corrected chi connectivity index (χ1v) is 8.11. The normalized spacial score (nSPS) is 10.8. The summed E-state index contributed by atoms with van der Waals surface area (Å²) in [5.41, 5.74) is 8.99. The zero-order chi connectivity index (χ0) is 17.8. The highest BCUT2D eigenvalue weighted by atomic mass is 16.2. The van der Waals surface area contributed by atoms with Crippen molar-refractivity contribution in [3.05, 3.63) is 54.2 Å². The molecule has 128 valence electrons. The van der Waals surface area contributed by atoms with Crippen molar-refractivity contribution in [2.75, 3.05) is 11.1 Å². The number of Topliss-reactive ketones (excluding diaryl/α,β-unsaturated/α-hetero) is 1. The van der Waals surface area contributed by atoms with E-state index in [9.17, 15) is 9.59 Å². The standard InChI is InChI=1S/C19H20N4O2/c1-13-3-2-4-18-17(13)12-21-23(18)10-9-16(24)11-19(25)22-15-7-5-14(20)6-8-15/h2-8,12H,9-11,20H2,1H3,(H,22,25). The fourth-order valence-electron chi connectivity index (χ4n) is 2.70. The van der Waals surface area contributed by atoms with Gasteiger partial charge < -0.3 is 11.1 Å². The molecule has 1 amide bonds. The lowest BCUT2D eigenvalue weighted by Gasteiger charge is -2.06. The Morgan fingerprint density at radius 3 is 2.68 bits per heavy atom. The second-order valence-electron chi connectivity index (χ2n) is 6.01. The lowest BCUT2D eigenvalue weighted by atomic mass is 10.1. The molecule has 6 heteroatoms. The molecule has 3 rings (SSSR count). The predicted molar refractivity (Wildman–Crippen MR) is 98.2 cm³/mol. The van der Waals surface area contributed by atoms with Gasteiger partial charge in [0.1, 0.15) is 5.78 Å². The Hall–Kier alpha value is -3.15. The minimum absolute atomic E-state index is 0.121. The topological polar surface area (TPSA) is 90.0 Å². The van der Waals surface area contributed by atoms with E-state index in [1.54, 1.807) is 28.9 Å². The maximum absolute atomic E-state index is 12.1. The van der Waals surface area contributed by atoms with Crippen LogP contribution in [0.2, 0.25) is 0 Å². The molecular weight excluding hydrogens is 316 g/mol. The monoisotopic (exact) mass is 336 g/mol. The number of benzene rings is 2. The van der Waals surface area contributed by atoms with Crippen molar-refractivity contribution in [3.63, 3.8) is 0 Å². The molecule has 3 N–H and O–H groups in total. The lowest BCUT2D eigenvalue weighted by Crippen LogP contribution is -2.17. The summed E-state index contributed by atoms with van der Waals surface area (Å²) in [7, 11) is 0. The number of rotatable bonds is 6. The summed E-state index contributed by atoms with van der Waals surface area (Å²) in [6.07, 6.45) is 1.92. The molecule has 0 aliphatic heterocycles. The molecule has 1 aromatic heterocycles. The Balaban J connectivity index is 1.54. The van der Waals surface area contributed by atoms with E-state index in [0.29, 0.717) is 17.9 Å². The van der Waals surface area contributed by atoms with E-state index < -0.39 is 0 Å². The molecule has 0 saturated carbocycles. The Kier molecular flexibility index (Phi) is 4.79. The lowest BCUT2D eigenvalue weighted by molar-refractivity contribution is -0.125. The Labute approximate surface area is 145 Å². The Morgan fingerprint density at radius 1 is 1.16 bits per heavy atom. The van der Waals surface area contributed by atoms with Crippen molar-refractivity contribution in [2.45, 2.75) is 26.3 Å². The van der Waals surface area contributed by atoms with E-state index in [0.717, 1.165) is 16.5 Å². The molecule has 0 bridgehead atoms. The number of anilines is 2. The molecule has 0 saturated heterocycles. The summed E-state index contributed by atoms with van der Waals surface area (Å²) >= 11 is 0. The molecule has 0 aliphatic rings. The van der Waals surface area contributed by atoms with Crippen molar-refractivity contribution in [2.24, 2.45) is 0 Å². The zero-order valence-electron chi connectivity index (χ0n) is 14.0. The van der Waals surface area contributed by atoms with Gasteiger partial charge in [-0.3, -0.25) is 14.3 Å². The van der Waals surface area contributed by atoms with Gasteiger partial charge in [-0.2, -0.15) is 5.10 Å². The third-order valence-electron chi connectivity index (χ3n) is 4.06. The first-order valence-electron chi connectivity index (χ1n) is 8.11. The van der Waals surface area contributed by atoms with Crippen LogP contribution >= 0.6 is 0 Å². The molecule has 0 atom stereocenters. The number of nitrogen functional groups attached to an aromatic ring is 1. The minimum Gasteiger partial charge on any atom is -0.399 e. The number of nitrogens with one attached hydrogen (secondary N) is 1. The maximum Gasteiger partial charge on any atom is 0.231 e. The van der Waals surface area contributed by atoms with E-state index in [1.165, 1.54) is 0 Å². The van der Waals surface area contributed by atoms with Crippen LogP contribution in [0, 0.1) is 6.92 Å². The van der Waals surface area contributed by atoms with Crippen molar-refractivity contribution < 1.29 is 9.59 Å². The molecule has 0 radical (unpaired) electrons. The van der Waals surface area contributed by atoms with Crippen molar-refractivity contribution in [1.29, 1.82) is 0 Å². The number of amides is 1. The summed E-state index contributed by atoms with van der Waals surface area (Å²) in [6, 6.07) is 12.8. The summed E-state index contributed by atoms with van der Waals surface area (Å²) in [5.74, 6) is -0.444. The number of carbonyl (C=O) groups is 2. The fraction of sp³-hybridized carbons (Fsp3) is 0.211. The highest BCUT2D eigenvalue weighted by Crippen LogP contribution is 2.18. The molecule has 0 aliphatic carbocycles. The van der Waals surface area contributed by atoms with Crippen LogP contribution in [0.1, 0.15) is 18.4 Å². The number of aromatic nitrogens is 2. The number of carbonyl (C=O) groups excluding carboxylic acids is 2.